The van der Waals surface area contributed by atoms with Crippen LogP contribution in [0.5, 0.6) is 5.75 Å². The van der Waals surface area contributed by atoms with E-state index in [1.807, 2.05) is 0 Å². The van der Waals surface area contributed by atoms with Crippen molar-refractivity contribution < 1.29 is 22.7 Å². The molecule has 1 amide bonds. The van der Waals surface area contributed by atoms with E-state index in [4.69, 9.17) is 4.74 Å². The van der Waals surface area contributed by atoms with Gasteiger partial charge >= 0.3 is 0 Å². The Morgan fingerprint density at radius 3 is 2.10 bits per heavy atom. The summed E-state index contributed by atoms with van der Waals surface area (Å²) in [5.74, 6) is -0.298. The molecule has 0 bridgehead atoms. The Bertz CT molecular complexity index is 1020. The molecule has 3 rings (SSSR count). The van der Waals surface area contributed by atoms with Gasteiger partial charge in [0, 0.05) is 29.9 Å². The van der Waals surface area contributed by atoms with Crippen LogP contribution in [0.3, 0.4) is 0 Å². The van der Waals surface area contributed by atoms with Crippen LogP contribution in [0.2, 0.25) is 0 Å². The zero-order valence-electron chi connectivity index (χ0n) is 17.2. The fourth-order valence-corrected chi connectivity index (χ4v) is 5.13. The summed E-state index contributed by atoms with van der Waals surface area (Å²) in [4.78, 5) is 24.1. The smallest absolute Gasteiger partial charge is 0.255 e. The quantitative estimate of drug-likeness (QED) is 0.705. The predicted molar refractivity (Wildman–Crippen MR) is 115 cm³/mol. The van der Waals surface area contributed by atoms with Crippen LogP contribution in [0.15, 0.2) is 47.4 Å². The Hall–Kier alpha value is -2.71. The average Bonchev–Trinajstić information content (AvgIpc) is 3.04. The number of benzene rings is 2. The van der Waals surface area contributed by atoms with E-state index >= 15 is 0 Å². The summed E-state index contributed by atoms with van der Waals surface area (Å²) in [6.45, 7) is 2.39. The van der Waals surface area contributed by atoms with Crippen LogP contribution in [0.25, 0.3) is 0 Å². The molecule has 0 spiro atoms. The third kappa shape index (κ3) is 4.88. The molecule has 0 aliphatic carbocycles. The molecule has 0 unspecified atom stereocenters. The van der Waals surface area contributed by atoms with Crippen LogP contribution in [-0.4, -0.2) is 44.6 Å². The number of ketones is 1. The van der Waals surface area contributed by atoms with E-state index < -0.39 is 15.9 Å². The number of anilines is 1. The van der Waals surface area contributed by atoms with Crippen LogP contribution in [-0.2, 0) is 10.0 Å². The van der Waals surface area contributed by atoms with Gasteiger partial charge < -0.3 is 10.1 Å². The first-order chi connectivity index (χ1) is 14.3. The highest BCUT2D eigenvalue weighted by molar-refractivity contribution is 7.89. The molecule has 7 nitrogen and oxygen atoms in total. The van der Waals surface area contributed by atoms with Gasteiger partial charge in [-0.3, -0.25) is 9.59 Å². The van der Waals surface area contributed by atoms with Gasteiger partial charge in [0.05, 0.1) is 7.11 Å². The van der Waals surface area contributed by atoms with Gasteiger partial charge in [-0.15, -0.1) is 0 Å². The third-order valence-corrected chi connectivity index (χ3v) is 7.08. The Kier molecular flexibility index (Phi) is 6.89. The number of ether oxygens (including phenoxy) is 1. The number of methoxy groups -OCH3 is 1. The van der Waals surface area contributed by atoms with Crippen LogP contribution < -0.4 is 10.1 Å². The molecule has 8 heteroatoms. The van der Waals surface area contributed by atoms with Crippen LogP contribution in [0.4, 0.5) is 5.69 Å². The van der Waals surface area contributed by atoms with E-state index in [0.29, 0.717) is 24.3 Å². The van der Waals surface area contributed by atoms with Gasteiger partial charge in [-0.05, 0) is 62.2 Å². The van der Waals surface area contributed by atoms with E-state index in [-0.39, 0.29) is 22.0 Å². The van der Waals surface area contributed by atoms with Gasteiger partial charge in [0.2, 0.25) is 10.0 Å². The van der Waals surface area contributed by atoms with Gasteiger partial charge in [0.25, 0.3) is 5.91 Å². The first-order valence-electron chi connectivity index (χ1n) is 9.93. The zero-order valence-corrected chi connectivity index (χ0v) is 18.0. The Balaban J connectivity index is 1.87. The second kappa shape index (κ2) is 9.40. The molecular weight excluding hydrogens is 404 g/mol. The molecule has 0 aromatic heterocycles. The topological polar surface area (TPSA) is 92.8 Å². The number of Topliss-reactive ketones (excluding diaryl/α,β-unsaturated/α-hetero) is 1. The summed E-state index contributed by atoms with van der Waals surface area (Å²) in [5.41, 5.74) is 1.26. The lowest BCUT2D eigenvalue weighted by atomic mass is 10.1. The number of amides is 1. The zero-order chi connectivity index (χ0) is 21.7. The normalized spacial score (nSPS) is 15.3. The minimum absolute atomic E-state index is 0.00789. The van der Waals surface area contributed by atoms with Gasteiger partial charge in [-0.2, -0.15) is 4.31 Å². The first kappa shape index (κ1) is 22.0. The number of hydrogen-bond donors (Lipinski definition) is 1. The molecule has 1 aliphatic rings. The molecule has 1 fully saturated rings. The average molecular weight is 431 g/mol. The highest BCUT2D eigenvalue weighted by Crippen LogP contribution is 2.29. The fraction of sp³-hybridized carbons (Fsp3) is 0.364. The molecule has 1 heterocycles. The Morgan fingerprint density at radius 1 is 0.933 bits per heavy atom. The van der Waals surface area contributed by atoms with Gasteiger partial charge in [0.15, 0.2) is 5.78 Å². The maximum atomic E-state index is 13.2. The van der Waals surface area contributed by atoms with Crippen LogP contribution in [0.1, 0.15) is 53.3 Å². The molecule has 1 saturated heterocycles. The fourth-order valence-electron chi connectivity index (χ4n) is 3.43. The van der Waals surface area contributed by atoms with Crippen LogP contribution >= 0.6 is 0 Å². The number of nitrogens with one attached hydrogen (secondary N) is 1. The molecule has 2 aromatic carbocycles. The Morgan fingerprint density at radius 2 is 1.53 bits per heavy atom. The lowest BCUT2D eigenvalue weighted by molar-refractivity contribution is 0.101. The second-order valence-corrected chi connectivity index (χ2v) is 9.18. The summed E-state index contributed by atoms with van der Waals surface area (Å²) in [6.07, 6.45) is 3.65. The van der Waals surface area contributed by atoms with Gasteiger partial charge in [0.1, 0.15) is 10.6 Å². The molecule has 0 saturated carbocycles. The Labute approximate surface area is 177 Å². The second-order valence-electron chi connectivity index (χ2n) is 7.27. The highest BCUT2D eigenvalue weighted by atomic mass is 32.2. The van der Waals surface area contributed by atoms with Crippen molar-refractivity contribution >= 4 is 27.4 Å². The van der Waals surface area contributed by atoms with Gasteiger partial charge in [-0.1, -0.05) is 12.8 Å². The van der Waals surface area contributed by atoms with Crippen molar-refractivity contribution in [3.05, 3.63) is 53.6 Å². The van der Waals surface area contributed by atoms with E-state index in [1.165, 1.54) is 36.5 Å². The monoisotopic (exact) mass is 430 g/mol. The molecule has 1 aliphatic heterocycles. The molecule has 1 N–H and O–H groups in total. The largest absolute Gasteiger partial charge is 0.495 e. The molecule has 30 heavy (non-hydrogen) atoms. The molecular formula is C22H26N2O5S. The maximum Gasteiger partial charge on any atom is 0.255 e. The van der Waals surface area contributed by atoms with Crippen molar-refractivity contribution in [2.24, 2.45) is 0 Å². The molecule has 0 radical (unpaired) electrons. The van der Waals surface area contributed by atoms with Crippen molar-refractivity contribution in [1.29, 1.82) is 0 Å². The highest BCUT2D eigenvalue weighted by Gasteiger charge is 2.29. The summed E-state index contributed by atoms with van der Waals surface area (Å²) in [5, 5.41) is 2.73. The molecule has 2 aromatic rings. The summed E-state index contributed by atoms with van der Waals surface area (Å²) >= 11 is 0. The predicted octanol–water partition coefficient (Wildman–Crippen LogP) is 3.71. The summed E-state index contributed by atoms with van der Waals surface area (Å²) in [7, 11) is -2.37. The van der Waals surface area contributed by atoms with E-state index in [0.717, 1.165) is 25.7 Å². The minimum atomic E-state index is -3.78. The van der Waals surface area contributed by atoms with Gasteiger partial charge in [-0.25, -0.2) is 8.42 Å². The first-order valence-corrected chi connectivity index (χ1v) is 11.4. The van der Waals surface area contributed by atoms with Crippen molar-refractivity contribution in [2.75, 3.05) is 25.5 Å². The van der Waals surface area contributed by atoms with E-state index in [9.17, 15) is 18.0 Å². The summed E-state index contributed by atoms with van der Waals surface area (Å²) < 4.78 is 33.2. The van der Waals surface area contributed by atoms with E-state index in [1.54, 1.807) is 24.3 Å². The van der Waals surface area contributed by atoms with Crippen molar-refractivity contribution in [2.45, 2.75) is 37.5 Å². The van der Waals surface area contributed by atoms with E-state index in [2.05, 4.69) is 5.32 Å². The number of rotatable bonds is 6. The summed E-state index contributed by atoms with van der Waals surface area (Å²) in [6, 6.07) is 10.9. The lowest BCUT2D eigenvalue weighted by Gasteiger charge is -2.21. The number of sulfonamides is 1. The molecule has 160 valence electrons. The minimum Gasteiger partial charge on any atom is -0.495 e. The number of carbonyl (C=O) groups is 2. The lowest BCUT2D eigenvalue weighted by Crippen LogP contribution is -2.32. The van der Waals surface area contributed by atoms with Crippen molar-refractivity contribution in [3.63, 3.8) is 0 Å². The van der Waals surface area contributed by atoms with Crippen molar-refractivity contribution in [1.82, 2.24) is 4.31 Å². The number of hydrogen-bond acceptors (Lipinski definition) is 5. The standard InChI is InChI=1S/C22H26N2O5S/c1-16(25)17-7-10-19(11-8-17)23-22(26)18-9-12-20(29-2)21(15-18)30(27,28)24-13-5-3-4-6-14-24/h7-12,15H,3-6,13-14H2,1-2H3,(H,23,26). The number of carbonyl (C=O) groups excluding carboxylic acids is 2. The third-order valence-electron chi connectivity index (χ3n) is 5.16. The van der Waals surface area contributed by atoms with Crippen molar-refractivity contribution in [3.8, 4) is 5.75 Å². The van der Waals surface area contributed by atoms with Crippen LogP contribution in [0, 0.1) is 0 Å². The number of nitrogens with zero attached hydrogens (tertiary/aromatic N) is 1. The maximum absolute atomic E-state index is 13.2. The molecule has 0 atom stereocenters. The SMILES string of the molecule is COc1ccc(C(=O)Nc2ccc(C(C)=O)cc2)cc1S(=O)(=O)N1CCCCCC1.